The lowest BCUT2D eigenvalue weighted by atomic mass is 9.90. The first-order chi connectivity index (χ1) is 7.53. The van der Waals surface area contributed by atoms with Gasteiger partial charge in [-0.25, -0.2) is 0 Å². The van der Waals surface area contributed by atoms with E-state index in [2.05, 4.69) is 48.0 Å². The van der Waals surface area contributed by atoms with Crippen molar-refractivity contribution in [3.63, 3.8) is 0 Å². The van der Waals surface area contributed by atoms with E-state index in [0.29, 0.717) is 5.92 Å². The molecule has 1 fully saturated rings. The molecule has 2 rings (SSSR count). The second kappa shape index (κ2) is 4.50. The average molecular weight is 283 g/mol. The third-order valence-electron chi connectivity index (χ3n) is 3.59. The molecule has 0 spiro atoms. The Kier molecular flexibility index (Phi) is 3.41. The lowest BCUT2D eigenvalue weighted by molar-refractivity contribution is 0.0437. The Morgan fingerprint density at radius 3 is 2.38 bits per heavy atom. The summed E-state index contributed by atoms with van der Waals surface area (Å²) in [5, 5.41) is 10.5. The number of halogens is 1. The summed E-state index contributed by atoms with van der Waals surface area (Å²) in [6.45, 7) is 4.37. The van der Waals surface area contributed by atoms with Gasteiger partial charge in [0.25, 0.3) is 0 Å². The molecule has 0 aromatic heterocycles. The second-order valence-electron chi connectivity index (χ2n) is 5.13. The van der Waals surface area contributed by atoms with Gasteiger partial charge in [0, 0.05) is 4.47 Å². The van der Waals surface area contributed by atoms with E-state index in [1.165, 1.54) is 5.56 Å². The van der Waals surface area contributed by atoms with Crippen molar-refractivity contribution >= 4 is 15.9 Å². The minimum Gasteiger partial charge on any atom is -0.385 e. The minimum absolute atomic E-state index is 0.531. The molecule has 1 aromatic carbocycles. The van der Waals surface area contributed by atoms with Crippen molar-refractivity contribution in [1.29, 1.82) is 0 Å². The SMILES string of the molecule is CC(C)c1ccc(C2(O)CCCC2)c(Br)c1. The van der Waals surface area contributed by atoms with Gasteiger partial charge >= 0.3 is 0 Å². The molecule has 0 atom stereocenters. The summed E-state index contributed by atoms with van der Waals surface area (Å²) in [6.07, 6.45) is 4.06. The highest BCUT2D eigenvalue weighted by molar-refractivity contribution is 9.10. The van der Waals surface area contributed by atoms with Gasteiger partial charge in [0.2, 0.25) is 0 Å². The molecule has 0 radical (unpaired) electrons. The summed E-state index contributed by atoms with van der Waals surface area (Å²) < 4.78 is 1.06. The first-order valence-corrected chi connectivity index (χ1v) is 6.84. The van der Waals surface area contributed by atoms with Crippen molar-refractivity contribution in [3.8, 4) is 0 Å². The van der Waals surface area contributed by atoms with Crippen molar-refractivity contribution in [2.45, 2.75) is 51.0 Å². The fourth-order valence-corrected chi connectivity index (χ4v) is 3.26. The summed E-state index contributed by atoms with van der Waals surface area (Å²) in [6, 6.07) is 6.38. The Morgan fingerprint density at radius 2 is 1.88 bits per heavy atom. The van der Waals surface area contributed by atoms with Crippen LogP contribution < -0.4 is 0 Å². The van der Waals surface area contributed by atoms with Crippen molar-refractivity contribution in [3.05, 3.63) is 33.8 Å². The monoisotopic (exact) mass is 282 g/mol. The highest BCUT2D eigenvalue weighted by atomic mass is 79.9. The minimum atomic E-state index is -0.589. The Labute approximate surface area is 106 Å². The molecule has 0 aliphatic heterocycles. The van der Waals surface area contributed by atoms with E-state index >= 15 is 0 Å². The Bertz CT molecular complexity index is 378. The zero-order chi connectivity index (χ0) is 11.8. The van der Waals surface area contributed by atoms with E-state index in [1.807, 2.05) is 0 Å². The van der Waals surface area contributed by atoms with Gasteiger partial charge in [0.05, 0.1) is 5.60 Å². The maximum atomic E-state index is 10.5. The average Bonchev–Trinajstić information content (AvgIpc) is 2.65. The van der Waals surface area contributed by atoms with E-state index in [0.717, 1.165) is 35.7 Å². The number of aliphatic hydroxyl groups is 1. The van der Waals surface area contributed by atoms with Crippen LogP contribution in [0.2, 0.25) is 0 Å². The zero-order valence-corrected chi connectivity index (χ0v) is 11.5. The van der Waals surface area contributed by atoms with E-state index in [-0.39, 0.29) is 0 Å². The largest absolute Gasteiger partial charge is 0.385 e. The predicted octanol–water partition coefficient (Wildman–Crippen LogP) is 4.33. The fourth-order valence-electron chi connectivity index (χ4n) is 2.50. The smallest absolute Gasteiger partial charge is 0.0907 e. The predicted molar refractivity (Wildman–Crippen MR) is 70.6 cm³/mol. The van der Waals surface area contributed by atoms with E-state index in [1.54, 1.807) is 0 Å². The standard InChI is InChI=1S/C14H19BrO/c1-10(2)11-5-6-12(13(15)9-11)14(16)7-3-4-8-14/h5-6,9-10,16H,3-4,7-8H2,1-2H3. The highest BCUT2D eigenvalue weighted by Crippen LogP contribution is 2.42. The zero-order valence-electron chi connectivity index (χ0n) is 9.96. The van der Waals surface area contributed by atoms with E-state index in [4.69, 9.17) is 0 Å². The third-order valence-corrected chi connectivity index (χ3v) is 4.25. The first kappa shape index (κ1) is 12.1. The van der Waals surface area contributed by atoms with Gasteiger partial charge in [-0.2, -0.15) is 0 Å². The van der Waals surface area contributed by atoms with Crippen molar-refractivity contribution < 1.29 is 5.11 Å². The van der Waals surface area contributed by atoms with Crippen LogP contribution in [0.15, 0.2) is 22.7 Å². The lowest BCUT2D eigenvalue weighted by Gasteiger charge is -2.24. The van der Waals surface area contributed by atoms with Crippen LogP contribution in [0.1, 0.15) is 56.6 Å². The Hall–Kier alpha value is -0.340. The molecule has 1 saturated carbocycles. The molecule has 0 bridgehead atoms. The van der Waals surface area contributed by atoms with Crippen LogP contribution in [0.5, 0.6) is 0 Å². The van der Waals surface area contributed by atoms with Crippen LogP contribution in [-0.4, -0.2) is 5.11 Å². The molecule has 1 aliphatic carbocycles. The number of hydrogen-bond donors (Lipinski definition) is 1. The molecule has 0 amide bonds. The summed E-state index contributed by atoms with van der Waals surface area (Å²) in [5.74, 6) is 0.531. The second-order valence-corrected chi connectivity index (χ2v) is 5.99. The third kappa shape index (κ3) is 2.18. The molecular formula is C14H19BrO. The van der Waals surface area contributed by atoms with Crippen molar-refractivity contribution in [2.75, 3.05) is 0 Å². The summed E-state index contributed by atoms with van der Waals surface area (Å²) >= 11 is 3.60. The van der Waals surface area contributed by atoms with Crippen LogP contribution in [0.3, 0.4) is 0 Å². The molecule has 88 valence electrons. The quantitative estimate of drug-likeness (QED) is 0.856. The Morgan fingerprint density at radius 1 is 1.25 bits per heavy atom. The van der Waals surface area contributed by atoms with Gasteiger partial charge in [-0.1, -0.05) is 54.8 Å². The van der Waals surface area contributed by atoms with Gasteiger partial charge in [-0.15, -0.1) is 0 Å². The fraction of sp³-hybridized carbons (Fsp3) is 0.571. The van der Waals surface area contributed by atoms with Crippen LogP contribution in [0, 0.1) is 0 Å². The maximum absolute atomic E-state index is 10.5. The van der Waals surface area contributed by atoms with E-state index < -0.39 is 5.60 Å². The van der Waals surface area contributed by atoms with Crippen LogP contribution in [0.4, 0.5) is 0 Å². The Balaban J connectivity index is 2.35. The topological polar surface area (TPSA) is 20.2 Å². The molecule has 1 aromatic rings. The first-order valence-electron chi connectivity index (χ1n) is 6.05. The maximum Gasteiger partial charge on any atom is 0.0907 e. The molecule has 1 nitrogen and oxygen atoms in total. The van der Waals surface area contributed by atoms with Crippen molar-refractivity contribution in [2.24, 2.45) is 0 Å². The summed E-state index contributed by atoms with van der Waals surface area (Å²) in [4.78, 5) is 0. The van der Waals surface area contributed by atoms with Gasteiger partial charge < -0.3 is 5.11 Å². The normalized spacial score (nSPS) is 19.3. The molecule has 0 heterocycles. The van der Waals surface area contributed by atoms with Crippen LogP contribution in [0.25, 0.3) is 0 Å². The van der Waals surface area contributed by atoms with Gasteiger partial charge in [-0.3, -0.25) is 0 Å². The molecule has 1 N–H and O–H groups in total. The van der Waals surface area contributed by atoms with E-state index in [9.17, 15) is 5.11 Å². The van der Waals surface area contributed by atoms with Crippen LogP contribution in [-0.2, 0) is 5.60 Å². The number of rotatable bonds is 2. The van der Waals surface area contributed by atoms with Gasteiger partial charge in [0.1, 0.15) is 0 Å². The number of benzene rings is 1. The molecule has 2 heteroatoms. The highest BCUT2D eigenvalue weighted by Gasteiger charge is 2.34. The van der Waals surface area contributed by atoms with Crippen LogP contribution >= 0.6 is 15.9 Å². The molecule has 1 aliphatic rings. The van der Waals surface area contributed by atoms with Crippen molar-refractivity contribution in [1.82, 2.24) is 0 Å². The molecule has 0 unspecified atom stereocenters. The molecular weight excluding hydrogens is 264 g/mol. The molecule has 0 saturated heterocycles. The van der Waals surface area contributed by atoms with Gasteiger partial charge in [0.15, 0.2) is 0 Å². The van der Waals surface area contributed by atoms with Gasteiger partial charge in [-0.05, 0) is 36.0 Å². The molecule has 16 heavy (non-hydrogen) atoms. The number of hydrogen-bond acceptors (Lipinski definition) is 1. The lowest BCUT2D eigenvalue weighted by Crippen LogP contribution is -2.21. The summed E-state index contributed by atoms with van der Waals surface area (Å²) in [7, 11) is 0. The summed E-state index contributed by atoms with van der Waals surface area (Å²) in [5.41, 5.74) is 1.79.